The van der Waals surface area contributed by atoms with Gasteiger partial charge in [0.05, 0.1) is 10.9 Å². The Bertz CT molecular complexity index is 1300. The molecule has 0 aliphatic carbocycles. The fraction of sp³-hybridized carbons (Fsp3) is 0. The van der Waals surface area contributed by atoms with Gasteiger partial charge in [0, 0.05) is 16.6 Å². The van der Waals surface area contributed by atoms with Crippen LogP contribution in [-0.4, -0.2) is 21.9 Å². The number of H-pyrrole nitrogens is 1. The van der Waals surface area contributed by atoms with Crippen LogP contribution in [0.1, 0.15) is 26.4 Å². The zero-order valence-electron chi connectivity index (χ0n) is 15.0. The number of ketones is 1. The summed E-state index contributed by atoms with van der Waals surface area (Å²) in [6.45, 7) is 0. The van der Waals surface area contributed by atoms with Crippen molar-refractivity contribution in [2.24, 2.45) is 0 Å². The first-order chi connectivity index (χ1) is 14.0. The van der Waals surface area contributed by atoms with Gasteiger partial charge in [-0.1, -0.05) is 48.5 Å². The van der Waals surface area contributed by atoms with E-state index in [9.17, 15) is 18.8 Å². The topological polar surface area (TPSA) is 91.9 Å². The largest absolute Gasteiger partial charge is 0.321 e. The lowest BCUT2D eigenvalue weighted by Crippen LogP contribution is -2.19. The molecule has 0 spiro atoms. The summed E-state index contributed by atoms with van der Waals surface area (Å²) in [6.07, 6.45) is 0. The minimum absolute atomic E-state index is 0.0143. The Hall–Kier alpha value is -4.13. The number of amides is 1. The van der Waals surface area contributed by atoms with Crippen LogP contribution in [0.25, 0.3) is 10.8 Å². The van der Waals surface area contributed by atoms with Crippen molar-refractivity contribution in [2.75, 3.05) is 5.32 Å². The number of nitrogens with one attached hydrogen (secondary N) is 2. The summed E-state index contributed by atoms with van der Waals surface area (Å²) in [5, 5.41) is 9.44. The summed E-state index contributed by atoms with van der Waals surface area (Å²) >= 11 is 0. The van der Waals surface area contributed by atoms with E-state index in [-0.39, 0.29) is 16.9 Å². The normalized spacial score (nSPS) is 10.7. The molecule has 142 valence electrons. The molecule has 4 aromatic rings. The number of benzene rings is 3. The van der Waals surface area contributed by atoms with Gasteiger partial charge in [-0.25, -0.2) is 9.49 Å². The molecule has 6 nitrogen and oxygen atoms in total. The summed E-state index contributed by atoms with van der Waals surface area (Å²) in [6, 6.07) is 18.6. The molecule has 0 atom stereocenters. The van der Waals surface area contributed by atoms with Crippen molar-refractivity contribution < 1.29 is 14.0 Å². The molecule has 7 heteroatoms. The predicted molar refractivity (Wildman–Crippen MR) is 107 cm³/mol. The zero-order valence-corrected chi connectivity index (χ0v) is 15.0. The van der Waals surface area contributed by atoms with E-state index in [0.717, 1.165) is 6.07 Å². The highest BCUT2D eigenvalue weighted by atomic mass is 19.1. The van der Waals surface area contributed by atoms with Gasteiger partial charge < -0.3 is 5.32 Å². The molecule has 0 fully saturated rings. The maximum absolute atomic E-state index is 14.2. The van der Waals surface area contributed by atoms with Crippen LogP contribution in [0, 0.1) is 5.82 Å². The van der Waals surface area contributed by atoms with Gasteiger partial charge in [-0.3, -0.25) is 14.4 Å². The number of nitrogens with zero attached hydrogens (tertiary/aromatic N) is 1. The van der Waals surface area contributed by atoms with Gasteiger partial charge in [-0.15, -0.1) is 0 Å². The Kier molecular flexibility index (Phi) is 4.70. The van der Waals surface area contributed by atoms with Crippen molar-refractivity contribution in [3.8, 4) is 0 Å². The average Bonchev–Trinajstić information content (AvgIpc) is 2.75. The molecule has 1 heterocycles. The number of halogens is 1. The Morgan fingerprint density at radius 3 is 2.34 bits per heavy atom. The molecular formula is C22H14FN3O3. The lowest BCUT2D eigenvalue weighted by molar-refractivity contribution is 0.101. The number of fused-ring (bicyclic) bond motifs is 1. The highest BCUT2D eigenvalue weighted by Crippen LogP contribution is 2.20. The highest BCUT2D eigenvalue weighted by molar-refractivity contribution is 6.12. The number of aromatic nitrogens is 2. The van der Waals surface area contributed by atoms with Crippen LogP contribution in [0.5, 0.6) is 0 Å². The molecule has 0 radical (unpaired) electrons. The Morgan fingerprint density at radius 1 is 0.897 bits per heavy atom. The first-order valence-corrected chi connectivity index (χ1v) is 8.72. The van der Waals surface area contributed by atoms with E-state index in [1.54, 1.807) is 54.6 Å². The van der Waals surface area contributed by atoms with E-state index in [2.05, 4.69) is 15.5 Å². The second kappa shape index (κ2) is 7.47. The number of carbonyl (C=O) groups excluding carboxylic acids is 2. The van der Waals surface area contributed by atoms with Gasteiger partial charge in [0.25, 0.3) is 11.5 Å². The highest BCUT2D eigenvalue weighted by Gasteiger charge is 2.17. The average molecular weight is 387 g/mol. The van der Waals surface area contributed by atoms with Crippen LogP contribution in [0.3, 0.4) is 0 Å². The third-order valence-corrected chi connectivity index (χ3v) is 4.42. The molecule has 0 aliphatic rings. The SMILES string of the molecule is O=C(c1ccccc1)c1cc(NC(=O)c2n[nH]c(=O)c3ccccc23)ccc1F. The molecule has 0 saturated heterocycles. The molecule has 4 rings (SSSR count). The van der Waals surface area contributed by atoms with Crippen molar-refractivity contribution >= 4 is 28.2 Å². The van der Waals surface area contributed by atoms with Gasteiger partial charge in [-0.05, 0) is 24.3 Å². The number of aromatic amines is 1. The van der Waals surface area contributed by atoms with Crippen LogP contribution < -0.4 is 10.9 Å². The number of carbonyl (C=O) groups is 2. The second-order valence-corrected chi connectivity index (χ2v) is 6.29. The van der Waals surface area contributed by atoms with Gasteiger partial charge >= 0.3 is 0 Å². The van der Waals surface area contributed by atoms with Crippen LogP contribution >= 0.6 is 0 Å². The Balaban J connectivity index is 1.67. The van der Waals surface area contributed by atoms with Crippen LogP contribution in [-0.2, 0) is 0 Å². The van der Waals surface area contributed by atoms with Crippen LogP contribution in [0.15, 0.2) is 77.6 Å². The van der Waals surface area contributed by atoms with Gasteiger partial charge in [-0.2, -0.15) is 5.10 Å². The molecule has 1 amide bonds. The lowest BCUT2D eigenvalue weighted by atomic mass is 10.0. The number of anilines is 1. The van der Waals surface area contributed by atoms with Crippen LogP contribution in [0.4, 0.5) is 10.1 Å². The molecule has 0 bridgehead atoms. The van der Waals surface area contributed by atoms with Gasteiger partial charge in [0.1, 0.15) is 5.82 Å². The number of rotatable bonds is 4. The third-order valence-electron chi connectivity index (χ3n) is 4.42. The smallest absolute Gasteiger partial charge is 0.276 e. The van der Waals surface area contributed by atoms with Crippen molar-refractivity contribution in [3.05, 3.63) is 106 Å². The molecule has 0 saturated carbocycles. The molecule has 3 aromatic carbocycles. The summed E-state index contributed by atoms with van der Waals surface area (Å²) in [5.74, 6) is -1.78. The van der Waals surface area contributed by atoms with Gasteiger partial charge in [0.15, 0.2) is 11.5 Å². The molecule has 1 aromatic heterocycles. The van der Waals surface area contributed by atoms with E-state index >= 15 is 0 Å². The monoisotopic (exact) mass is 387 g/mol. The zero-order chi connectivity index (χ0) is 20.4. The summed E-state index contributed by atoms with van der Waals surface area (Å²) < 4.78 is 14.2. The van der Waals surface area contributed by atoms with E-state index in [0.29, 0.717) is 16.3 Å². The fourth-order valence-electron chi connectivity index (χ4n) is 3.00. The molecule has 0 unspecified atom stereocenters. The summed E-state index contributed by atoms with van der Waals surface area (Å²) in [7, 11) is 0. The van der Waals surface area contributed by atoms with Gasteiger partial charge in [0.2, 0.25) is 0 Å². The molecule has 2 N–H and O–H groups in total. The third kappa shape index (κ3) is 3.53. The van der Waals surface area contributed by atoms with Crippen molar-refractivity contribution in [1.82, 2.24) is 10.2 Å². The first-order valence-electron chi connectivity index (χ1n) is 8.72. The van der Waals surface area contributed by atoms with Crippen LogP contribution in [0.2, 0.25) is 0 Å². The van der Waals surface area contributed by atoms with E-state index in [4.69, 9.17) is 0 Å². The first kappa shape index (κ1) is 18.2. The number of hydrogen-bond acceptors (Lipinski definition) is 4. The Morgan fingerprint density at radius 2 is 1.59 bits per heavy atom. The quantitative estimate of drug-likeness (QED) is 0.524. The summed E-state index contributed by atoms with van der Waals surface area (Å²) in [4.78, 5) is 37.2. The van der Waals surface area contributed by atoms with Crippen molar-refractivity contribution in [1.29, 1.82) is 0 Å². The van der Waals surface area contributed by atoms with E-state index in [1.807, 2.05) is 0 Å². The standard InChI is InChI=1S/C22H14FN3O3/c23-18-11-10-14(12-17(18)20(27)13-6-2-1-3-7-13)24-22(29)19-15-8-4-5-9-16(15)21(28)26-25-19/h1-12H,(H,24,29)(H,26,28). The second-order valence-electron chi connectivity index (χ2n) is 6.29. The maximum atomic E-state index is 14.2. The maximum Gasteiger partial charge on any atom is 0.276 e. The molecule has 0 aliphatic heterocycles. The van der Waals surface area contributed by atoms with E-state index in [1.165, 1.54) is 12.1 Å². The molecule has 29 heavy (non-hydrogen) atoms. The minimum atomic E-state index is -0.690. The molecular weight excluding hydrogens is 373 g/mol. The number of hydrogen-bond donors (Lipinski definition) is 2. The lowest BCUT2D eigenvalue weighted by Gasteiger charge is -2.09. The Labute approximate surface area is 164 Å². The van der Waals surface area contributed by atoms with Crippen molar-refractivity contribution in [2.45, 2.75) is 0 Å². The fourth-order valence-corrected chi connectivity index (χ4v) is 3.00. The van der Waals surface area contributed by atoms with Crippen molar-refractivity contribution in [3.63, 3.8) is 0 Å². The van der Waals surface area contributed by atoms with E-state index < -0.39 is 23.1 Å². The summed E-state index contributed by atoms with van der Waals surface area (Å²) in [5.41, 5.74) is 0.0133. The predicted octanol–water partition coefficient (Wildman–Crippen LogP) is 3.55. The minimum Gasteiger partial charge on any atom is -0.321 e.